The van der Waals surface area contributed by atoms with Crippen molar-refractivity contribution in [2.75, 3.05) is 0 Å². The van der Waals surface area contributed by atoms with Crippen LogP contribution in [-0.2, 0) is 0 Å². The number of hydrogen-bond acceptors (Lipinski definition) is 12. The maximum absolute atomic E-state index is 10.1. The number of nitrogens with zero attached hydrogens (tertiary/aromatic N) is 18. The van der Waals surface area contributed by atoms with Crippen molar-refractivity contribution in [2.24, 2.45) is 0 Å². The molecule has 150 heavy (non-hydrogen) atoms. The lowest BCUT2D eigenvalue weighted by Crippen LogP contribution is -2.01. The number of nitriles is 9. The maximum atomic E-state index is 10.1. The van der Waals surface area contributed by atoms with Crippen LogP contribution in [0.25, 0.3) is 232 Å². The Labute approximate surface area is 857 Å². The van der Waals surface area contributed by atoms with Gasteiger partial charge in [0.15, 0.2) is 0 Å². The van der Waals surface area contributed by atoms with Crippen LogP contribution >= 0.6 is 0 Å². The molecular formula is C132H72N18. The van der Waals surface area contributed by atoms with Gasteiger partial charge in [-0.05, 0) is 310 Å². The third kappa shape index (κ3) is 15.1. The van der Waals surface area contributed by atoms with E-state index in [-0.39, 0.29) is 0 Å². The minimum Gasteiger partial charge on any atom is -0.309 e. The van der Waals surface area contributed by atoms with Gasteiger partial charge in [-0.15, -0.1) is 0 Å². The van der Waals surface area contributed by atoms with Gasteiger partial charge in [0.2, 0.25) is 0 Å². The second-order valence-corrected chi connectivity index (χ2v) is 36.6. The van der Waals surface area contributed by atoms with Gasteiger partial charge in [0.25, 0.3) is 0 Å². The summed E-state index contributed by atoms with van der Waals surface area (Å²) < 4.78 is 13.3. The molecule has 0 bridgehead atoms. The Hall–Kier alpha value is -22.4. The molecule has 0 radical (unpaired) electrons. The summed E-state index contributed by atoms with van der Waals surface area (Å²) in [5.41, 5.74) is 33.7. The zero-order chi connectivity index (χ0) is 101. The van der Waals surface area contributed by atoms with E-state index >= 15 is 0 Å². The first-order chi connectivity index (χ1) is 73.9. The van der Waals surface area contributed by atoms with Crippen molar-refractivity contribution in [3.63, 3.8) is 0 Å². The molecular weight excluding hydrogens is 1840 g/mol. The average molecular weight is 1910 g/mol. The van der Waals surface area contributed by atoms with E-state index in [0.29, 0.717) is 50.1 Å². The molecule has 18 nitrogen and oxygen atoms in total. The molecule has 0 aliphatic carbocycles. The average Bonchev–Trinajstić information content (AvgIpc) is 1.58. The van der Waals surface area contributed by atoms with Crippen molar-refractivity contribution < 1.29 is 0 Å². The highest BCUT2D eigenvalue weighted by Gasteiger charge is 2.27. The molecule has 9 aromatic heterocycles. The Morgan fingerprint density at radius 3 is 0.713 bits per heavy atom. The molecule has 0 unspecified atom stereocenters. The zero-order valence-electron chi connectivity index (χ0n) is 79.6. The number of rotatable bonds is 12. The summed E-state index contributed by atoms with van der Waals surface area (Å²) in [6, 6.07) is 160. The fourth-order valence-corrected chi connectivity index (χ4v) is 21.8. The summed E-state index contributed by atoms with van der Waals surface area (Å²) in [5.74, 6) is 0. The number of fused-ring (bicyclic) bond motifs is 18. The molecule has 18 heteroatoms. The Morgan fingerprint density at radius 1 is 0.147 bits per heavy atom. The molecule has 0 N–H and O–H groups in total. The number of pyridine rings is 3. The topological polar surface area (TPSA) is 282 Å². The van der Waals surface area contributed by atoms with Crippen LogP contribution in [-0.4, -0.2) is 42.4 Å². The Balaban J connectivity index is 0.000000116. The predicted molar refractivity (Wildman–Crippen MR) is 594 cm³/mol. The number of benzene rings is 18. The van der Waals surface area contributed by atoms with E-state index in [0.717, 1.165) is 232 Å². The lowest BCUT2D eigenvalue weighted by Gasteiger charge is -2.17. The van der Waals surface area contributed by atoms with Crippen molar-refractivity contribution in [3.8, 4) is 156 Å². The first-order valence-corrected chi connectivity index (χ1v) is 48.4. The van der Waals surface area contributed by atoms with Crippen LogP contribution in [0.15, 0.2) is 437 Å². The monoisotopic (exact) mass is 1910 g/mol. The summed E-state index contributed by atoms with van der Waals surface area (Å²) in [4.78, 5) is 14.6. The number of aromatic nitrogens is 9. The van der Waals surface area contributed by atoms with E-state index in [1.54, 1.807) is 0 Å². The molecule has 27 aromatic rings. The van der Waals surface area contributed by atoms with Crippen LogP contribution in [0.4, 0.5) is 0 Å². The van der Waals surface area contributed by atoms with Gasteiger partial charge in [-0.25, -0.2) is 15.0 Å². The summed E-state index contributed by atoms with van der Waals surface area (Å²) >= 11 is 0. The van der Waals surface area contributed by atoms with Crippen molar-refractivity contribution in [2.45, 2.75) is 0 Å². The van der Waals surface area contributed by atoms with E-state index in [1.165, 1.54) is 0 Å². The van der Waals surface area contributed by atoms with Crippen molar-refractivity contribution >= 4 is 131 Å². The van der Waals surface area contributed by atoms with E-state index in [1.807, 2.05) is 273 Å². The highest BCUT2D eigenvalue weighted by Crippen LogP contribution is 2.47. The highest BCUT2D eigenvalue weighted by atomic mass is 15.1. The quantitative estimate of drug-likeness (QED) is 0.110. The minimum absolute atomic E-state index is 0.551. The van der Waals surface area contributed by atoms with Crippen molar-refractivity contribution in [1.29, 1.82) is 47.4 Å². The molecule has 0 fully saturated rings. The molecule has 9 heterocycles. The largest absolute Gasteiger partial charge is 0.309 e. The van der Waals surface area contributed by atoms with Gasteiger partial charge in [-0.2, -0.15) is 47.4 Å². The summed E-state index contributed by atoms with van der Waals surface area (Å²) in [6.45, 7) is 0. The van der Waals surface area contributed by atoms with E-state index in [2.05, 4.69) is 246 Å². The van der Waals surface area contributed by atoms with Gasteiger partial charge >= 0.3 is 0 Å². The lowest BCUT2D eigenvalue weighted by atomic mass is 9.91. The molecule has 0 amide bonds. The number of para-hydroxylation sites is 3. The Bertz CT molecular complexity index is 10500. The molecule has 0 aliphatic heterocycles. The molecule has 27 rings (SSSR count). The van der Waals surface area contributed by atoms with Crippen LogP contribution in [0.1, 0.15) is 50.1 Å². The fourth-order valence-electron chi connectivity index (χ4n) is 21.8. The minimum atomic E-state index is 0.551. The second kappa shape index (κ2) is 36.9. The predicted octanol–water partition coefficient (Wildman–Crippen LogP) is 30.7. The first kappa shape index (κ1) is 89.0. The highest BCUT2D eigenvalue weighted by molar-refractivity contribution is 6.16. The zero-order valence-corrected chi connectivity index (χ0v) is 79.6. The molecule has 0 saturated heterocycles. The normalized spacial score (nSPS) is 11.1. The van der Waals surface area contributed by atoms with Gasteiger partial charge in [0.05, 0.1) is 171 Å². The van der Waals surface area contributed by atoms with E-state index in [4.69, 9.17) is 15.0 Å². The summed E-state index contributed by atoms with van der Waals surface area (Å²) in [6.07, 6.45) is 5.48. The van der Waals surface area contributed by atoms with Crippen LogP contribution in [0.5, 0.6) is 0 Å². The first-order valence-electron chi connectivity index (χ1n) is 48.4. The molecule has 0 saturated carbocycles. The van der Waals surface area contributed by atoms with Gasteiger partial charge in [-0.1, -0.05) is 170 Å². The SMILES string of the molecule is N#Cc1ccc(-c2ccccc2-c2cc(-n3c4ccc(C#N)cc4c4cc(C#N)ccc43)cc(-n3c4ccccc4c4cccnc43)c2)cc1.N#Cc1ccc2c(c1)c1cc(C#N)ccc1n2-c1cc(-c2ccccc2-c2ccccc2C#N)cc(-n2c3ccccc3c3cccnc32)c1.N#Cc1cccc(-c2ccccc2-c2cc(-n3c4ccc(C#N)cc4c4cc(C#N)ccc43)cc(-n3c4ccccc4c4cccnc43)c2)c1. The van der Waals surface area contributed by atoms with Gasteiger partial charge < -0.3 is 13.7 Å². The molecule has 0 atom stereocenters. The van der Waals surface area contributed by atoms with E-state index in [9.17, 15) is 47.4 Å². The van der Waals surface area contributed by atoms with Crippen LogP contribution < -0.4 is 0 Å². The smallest absolute Gasteiger partial charge is 0.145 e. The van der Waals surface area contributed by atoms with Crippen LogP contribution in [0, 0.1) is 102 Å². The molecule has 0 spiro atoms. The third-order valence-corrected chi connectivity index (χ3v) is 28.3. The van der Waals surface area contributed by atoms with Crippen molar-refractivity contribution in [3.05, 3.63) is 487 Å². The van der Waals surface area contributed by atoms with Gasteiger partial charge in [-0.3, -0.25) is 13.7 Å². The summed E-state index contributed by atoms with van der Waals surface area (Å²) in [5, 5.41) is 99.8. The Morgan fingerprint density at radius 2 is 0.393 bits per heavy atom. The van der Waals surface area contributed by atoms with Crippen LogP contribution in [0.3, 0.4) is 0 Å². The fraction of sp³-hybridized carbons (Fsp3) is 0. The molecule has 18 aromatic carbocycles. The third-order valence-electron chi connectivity index (χ3n) is 28.3. The van der Waals surface area contributed by atoms with E-state index < -0.39 is 0 Å². The van der Waals surface area contributed by atoms with Crippen LogP contribution in [0.2, 0.25) is 0 Å². The van der Waals surface area contributed by atoms with Gasteiger partial charge in [0.1, 0.15) is 16.9 Å². The van der Waals surface area contributed by atoms with Gasteiger partial charge in [0, 0.05) is 106 Å². The Kier molecular flexibility index (Phi) is 21.9. The van der Waals surface area contributed by atoms with Crippen molar-refractivity contribution in [1.82, 2.24) is 42.4 Å². The molecule has 690 valence electrons. The standard InChI is InChI=1S/3C44H24N6/c45-25-28-7-5-8-31(19-28)35-9-1-2-10-36(35)32-22-33(24-34(23-32)50-41-13-4-3-11-37(41)38-12-6-18-48-44(38)50)49-42-16-14-29(26-46)20-39(42)40-21-30(27-47)15-17-43(40)49;45-25-28-15-17-42-39(20-28)40-21-29(26-46)16-18-43(40)49(42)32-22-31(35-10-3-4-11-36(35)34-9-2-1-8-30(34)27-47)23-33(24-32)50-41-14-6-5-12-37(41)38-13-7-19-48-44(38)50;45-25-28-11-15-31(16-12-28)35-6-1-2-7-36(35)32-22-33(24-34(23-32)50-41-10-4-3-8-37(41)38-9-5-19-48-44(38)50)49-42-17-13-29(26-46)20-39(42)40-21-30(27-47)14-18-43(40)49/h3*1-24H. The molecule has 0 aliphatic rings. The maximum Gasteiger partial charge on any atom is 0.145 e. The number of hydrogen-bond donors (Lipinski definition) is 0. The summed E-state index contributed by atoms with van der Waals surface area (Å²) in [7, 11) is 0. The second-order valence-electron chi connectivity index (χ2n) is 36.6. The lowest BCUT2D eigenvalue weighted by molar-refractivity contribution is 1.11.